The van der Waals surface area contributed by atoms with Gasteiger partial charge in [0.2, 0.25) is 10.0 Å². The fourth-order valence-corrected chi connectivity index (χ4v) is 3.81. The van der Waals surface area contributed by atoms with Crippen LogP contribution in [0.25, 0.3) is 10.8 Å². The van der Waals surface area contributed by atoms with Crippen LogP contribution < -0.4 is 4.72 Å². The van der Waals surface area contributed by atoms with Gasteiger partial charge in [0.05, 0.1) is 4.90 Å². The molecule has 0 spiro atoms. The van der Waals surface area contributed by atoms with Gasteiger partial charge in [-0.05, 0) is 35.4 Å². The van der Waals surface area contributed by atoms with E-state index in [1.54, 1.807) is 36.4 Å². The molecule has 3 aromatic rings. The van der Waals surface area contributed by atoms with Crippen molar-refractivity contribution in [1.82, 2.24) is 4.72 Å². The summed E-state index contributed by atoms with van der Waals surface area (Å²) in [7, 11) is -3.66. The summed E-state index contributed by atoms with van der Waals surface area (Å²) in [5.74, 6) is -0.938. The lowest BCUT2D eigenvalue weighted by Crippen LogP contribution is -2.25. The number of sulfonamides is 1. The Morgan fingerprint density at radius 2 is 1.68 bits per heavy atom. The summed E-state index contributed by atoms with van der Waals surface area (Å²) in [5, 5.41) is 1.79. The van der Waals surface area contributed by atoms with Gasteiger partial charge in [0.1, 0.15) is 12.4 Å². The average molecular weight is 401 g/mol. The molecule has 0 radical (unpaired) electrons. The molecule has 0 bridgehead atoms. The van der Waals surface area contributed by atoms with Crippen LogP contribution in [-0.2, 0) is 26.2 Å². The molecule has 0 saturated heterocycles. The molecule has 0 heterocycles. The van der Waals surface area contributed by atoms with Crippen molar-refractivity contribution < 1.29 is 22.3 Å². The van der Waals surface area contributed by atoms with Crippen molar-refractivity contribution in [3.63, 3.8) is 0 Å². The summed E-state index contributed by atoms with van der Waals surface area (Å²) in [5.41, 5.74) is 0.299. The van der Waals surface area contributed by atoms with Crippen LogP contribution in [0, 0.1) is 5.82 Å². The zero-order valence-electron chi connectivity index (χ0n) is 15.1. The molecule has 0 aliphatic heterocycles. The normalized spacial score (nSPS) is 11.5. The summed E-state index contributed by atoms with van der Waals surface area (Å²) in [6.45, 7) is -0.0434. The molecule has 5 nitrogen and oxygen atoms in total. The Labute approximate surface area is 163 Å². The number of carbonyl (C=O) groups is 1. The van der Waals surface area contributed by atoms with Gasteiger partial charge < -0.3 is 4.74 Å². The van der Waals surface area contributed by atoms with E-state index in [2.05, 4.69) is 4.72 Å². The molecule has 0 saturated carbocycles. The molecule has 0 aliphatic rings. The smallest absolute Gasteiger partial charge is 0.306 e. The van der Waals surface area contributed by atoms with E-state index < -0.39 is 21.8 Å². The van der Waals surface area contributed by atoms with Crippen LogP contribution in [0.3, 0.4) is 0 Å². The zero-order valence-corrected chi connectivity index (χ0v) is 15.9. The lowest BCUT2D eigenvalue weighted by molar-refractivity contribution is -0.145. The van der Waals surface area contributed by atoms with Gasteiger partial charge in [-0.15, -0.1) is 0 Å². The van der Waals surface area contributed by atoms with Gasteiger partial charge in [-0.3, -0.25) is 4.79 Å². The molecular weight excluding hydrogens is 381 g/mol. The molecule has 0 fully saturated rings. The van der Waals surface area contributed by atoms with E-state index in [0.29, 0.717) is 5.56 Å². The first kappa shape index (κ1) is 20.0. The molecule has 28 heavy (non-hydrogen) atoms. The van der Waals surface area contributed by atoms with Crippen molar-refractivity contribution in [2.75, 3.05) is 6.54 Å². The van der Waals surface area contributed by atoms with E-state index in [1.165, 1.54) is 6.07 Å². The monoisotopic (exact) mass is 401 g/mol. The van der Waals surface area contributed by atoms with Gasteiger partial charge in [0.25, 0.3) is 0 Å². The number of hydrogen-bond donors (Lipinski definition) is 1. The number of carbonyl (C=O) groups excluding carboxylic acids is 1. The number of fused-ring (bicyclic) bond motifs is 1. The number of nitrogens with one attached hydrogen (secondary N) is 1. The quantitative estimate of drug-likeness (QED) is 0.461. The molecule has 0 atom stereocenters. The van der Waals surface area contributed by atoms with E-state index in [-0.39, 0.29) is 30.9 Å². The molecule has 0 amide bonds. The molecule has 7 heteroatoms. The third-order valence-corrected chi connectivity index (χ3v) is 5.69. The molecular formula is C21H20FNO4S. The van der Waals surface area contributed by atoms with E-state index in [9.17, 15) is 17.6 Å². The minimum absolute atomic E-state index is 0.0364. The predicted molar refractivity (Wildman–Crippen MR) is 105 cm³/mol. The summed E-state index contributed by atoms with van der Waals surface area (Å²) in [4.78, 5) is 11.9. The van der Waals surface area contributed by atoms with Gasteiger partial charge in [0.15, 0.2) is 0 Å². The Bertz CT molecular complexity index is 1080. The molecule has 3 rings (SSSR count). The van der Waals surface area contributed by atoms with Gasteiger partial charge in [-0.1, -0.05) is 48.5 Å². The van der Waals surface area contributed by atoms with Crippen LogP contribution in [-0.4, -0.2) is 20.9 Å². The minimum atomic E-state index is -3.66. The van der Waals surface area contributed by atoms with E-state index in [1.807, 2.05) is 24.3 Å². The highest BCUT2D eigenvalue weighted by Gasteiger charge is 2.14. The van der Waals surface area contributed by atoms with Crippen molar-refractivity contribution in [1.29, 1.82) is 0 Å². The topological polar surface area (TPSA) is 72.5 Å². The van der Waals surface area contributed by atoms with Gasteiger partial charge in [-0.2, -0.15) is 0 Å². The second-order valence-electron chi connectivity index (χ2n) is 6.26. The number of hydrogen-bond acceptors (Lipinski definition) is 4. The first-order valence-corrected chi connectivity index (χ1v) is 10.3. The lowest BCUT2D eigenvalue weighted by Gasteiger charge is -2.08. The highest BCUT2D eigenvalue weighted by Crippen LogP contribution is 2.18. The molecule has 1 N–H and O–H groups in total. The summed E-state index contributed by atoms with van der Waals surface area (Å²) < 4.78 is 45.8. The first-order chi connectivity index (χ1) is 13.5. The van der Waals surface area contributed by atoms with Crippen LogP contribution >= 0.6 is 0 Å². The van der Waals surface area contributed by atoms with Crippen molar-refractivity contribution in [2.24, 2.45) is 0 Å². The van der Waals surface area contributed by atoms with Crippen molar-refractivity contribution >= 4 is 26.8 Å². The van der Waals surface area contributed by atoms with Crippen LogP contribution in [0.2, 0.25) is 0 Å². The standard InChI is InChI=1S/C21H20FNO4S/c22-20-9-4-3-8-18(20)15-27-21(24)10-5-13-23-28(25,26)19-12-11-16-6-1-2-7-17(16)14-19/h1-4,6-9,11-12,14,23H,5,10,13,15H2. The fraction of sp³-hybridized carbons (Fsp3) is 0.190. The Morgan fingerprint density at radius 1 is 0.964 bits per heavy atom. The predicted octanol–water partition coefficient (Wildman–Crippen LogP) is 3.78. The second-order valence-corrected chi connectivity index (χ2v) is 8.03. The Morgan fingerprint density at radius 3 is 2.46 bits per heavy atom. The van der Waals surface area contributed by atoms with Crippen LogP contribution in [0.15, 0.2) is 71.6 Å². The SMILES string of the molecule is O=C(CCCNS(=O)(=O)c1ccc2ccccc2c1)OCc1ccccc1F. The average Bonchev–Trinajstić information content (AvgIpc) is 2.70. The highest BCUT2D eigenvalue weighted by molar-refractivity contribution is 7.89. The molecule has 0 aliphatic carbocycles. The van der Waals surface area contributed by atoms with Crippen molar-refractivity contribution in [3.8, 4) is 0 Å². The third kappa shape index (κ3) is 5.15. The molecule has 146 valence electrons. The largest absolute Gasteiger partial charge is 0.461 e. The summed E-state index contributed by atoms with van der Waals surface area (Å²) in [6, 6.07) is 18.5. The maximum atomic E-state index is 13.5. The molecule has 3 aromatic carbocycles. The van der Waals surface area contributed by atoms with Gasteiger partial charge >= 0.3 is 5.97 Å². The number of halogens is 1. The van der Waals surface area contributed by atoms with Crippen molar-refractivity contribution in [2.45, 2.75) is 24.3 Å². The van der Waals surface area contributed by atoms with Crippen LogP contribution in [0.5, 0.6) is 0 Å². The molecule has 0 unspecified atom stereocenters. The van der Waals surface area contributed by atoms with E-state index in [4.69, 9.17) is 4.74 Å². The van der Waals surface area contributed by atoms with Gasteiger partial charge in [0, 0.05) is 18.5 Å². The highest BCUT2D eigenvalue weighted by atomic mass is 32.2. The first-order valence-electron chi connectivity index (χ1n) is 8.83. The maximum Gasteiger partial charge on any atom is 0.306 e. The summed E-state index contributed by atoms with van der Waals surface area (Å²) >= 11 is 0. The number of esters is 1. The zero-order chi connectivity index (χ0) is 20.0. The van der Waals surface area contributed by atoms with E-state index >= 15 is 0 Å². The minimum Gasteiger partial charge on any atom is -0.461 e. The number of rotatable bonds is 8. The summed E-state index contributed by atoms with van der Waals surface area (Å²) in [6.07, 6.45) is 0.317. The number of ether oxygens (including phenoxy) is 1. The number of benzene rings is 3. The maximum absolute atomic E-state index is 13.5. The third-order valence-electron chi connectivity index (χ3n) is 4.23. The van der Waals surface area contributed by atoms with Crippen LogP contribution in [0.4, 0.5) is 4.39 Å². The Kier molecular flexibility index (Phi) is 6.38. The molecule has 0 aromatic heterocycles. The lowest BCUT2D eigenvalue weighted by atomic mass is 10.1. The van der Waals surface area contributed by atoms with Gasteiger partial charge in [-0.25, -0.2) is 17.5 Å². The Balaban J connectivity index is 1.47. The fourth-order valence-electron chi connectivity index (χ4n) is 2.70. The van der Waals surface area contributed by atoms with E-state index in [0.717, 1.165) is 10.8 Å². The Hall–Kier alpha value is -2.77. The van der Waals surface area contributed by atoms with Crippen molar-refractivity contribution in [3.05, 3.63) is 78.1 Å². The second kappa shape index (κ2) is 8.95. The van der Waals surface area contributed by atoms with Crippen LogP contribution in [0.1, 0.15) is 18.4 Å².